The summed E-state index contributed by atoms with van der Waals surface area (Å²) in [4.78, 5) is 29.4. The van der Waals surface area contributed by atoms with E-state index in [4.69, 9.17) is 0 Å². The van der Waals surface area contributed by atoms with Crippen LogP contribution in [-0.4, -0.2) is 15.5 Å². The quantitative estimate of drug-likeness (QED) is 0.762. The molecule has 0 aliphatic rings. The Bertz CT molecular complexity index is 942. The molecule has 5 nitrogen and oxygen atoms in total. The first-order chi connectivity index (χ1) is 12.0. The molecule has 3 aromatic rings. The highest BCUT2D eigenvalue weighted by Crippen LogP contribution is 2.30. The minimum atomic E-state index is -0.153. The summed E-state index contributed by atoms with van der Waals surface area (Å²) in [6.07, 6.45) is 1.90. The molecule has 0 saturated heterocycles. The maximum atomic E-state index is 12.1. The monoisotopic (exact) mass is 353 g/mol. The second kappa shape index (κ2) is 7.44. The lowest BCUT2D eigenvalue weighted by Crippen LogP contribution is -2.21. The average molecular weight is 353 g/mol. The number of hydrogen-bond donors (Lipinski definition) is 1. The fourth-order valence-corrected chi connectivity index (χ4v) is 3.33. The molecule has 0 radical (unpaired) electrons. The van der Waals surface area contributed by atoms with Gasteiger partial charge in [-0.05, 0) is 19.9 Å². The average Bonchev–Trinajstić information content (AvgIpc) is 2.95. The van der Waals surface area contributed by atoms with Crippen LogP contribution in [0.5, 0.6) is 0 Å². The number of carbonyl (C=O) groups excluding carboxylic acids is 1. The van der Waals surface area contributed by atoms with Gasteiger partial charge in [0.2, 0.25) is 5.91 Å². The second-order valence-electron chi connectivity index (χ2n) is 5.82. The Kier molecular flexibility index (Phi) is 5.09. The lowest BCUT2D eigenvalue weighted by Gasteiger charge is -2.04. The van der Waals surface area contributed by atoms with E-state index in [0.29, 0.717) is 11.7 Å². The standard InChI is InChI=1S/C19H19N3O2S/c1-13-6-8-15(9-7-13)18-14(2)25-19(21-18)20-16(23)10-12-22-11-4-3-5-17(22)24/h3-9,11H,10,12H2,1-2H3,(H,20,21,23). The molecule has 128 valence electrons. The summed E-state index contributed by atoms with van der Waals surface area (Å²) in [5.74, 6) is -0.153. The number of thiazole rings is 1. The zero-order valence-corrected chi connectivity index (χ0v) is 15.0. The van der Waals surface area contributed by atoms with Crippen molar-refractivity contribution in [1.29, 1.82) is 0 Å². The molecule has 25 heavy (non-hydrogen) atoms. The lowest BCUT2D eigenvalue weighted by molar-refractivity contribution is -0.116. The smallest absolute Gasteiger partial charge is 0.250 e. The van der Waals surface area contributed by atoms with Crippen LogP contribution in [0.25, 0.3) is 11.3 Å². The van der Waals surface area contributed by atoms with Crippen molar-refractivity contribution < 1.29 is 4.79 Å². The molecule has 1 amide bonds. The number of rotatable bonds is 5. The zero-order chi connectivity index (χ0) is 17.8. The van der Waals surface area contributed by atoms with Crippen molar-refractivity contribution in [3.63, 3.8) is 0 Å². The normalized spacial score (nSPS) is 10.6. The molecule has 2 heterocycles. The Balaban J connectivity index is 1.66. The van der Waals surface area contributed by atoms with Crippen molar-refractivity contribution in [1.82, 2.24) is 9.55 Å². The number of nitrogens with one attached hydrogen (secondary N) is 1. The van der Waals surface area contributed by atoms with Gasteiger partial charge in [0.1, 0.15) is 0 Å². The molecule has 0 saturated carbocycles. The molecule has 0 atom stereocenters. The fourth-order valence-electron chi connectivity index (χ4n) is 2.48. The predicted octanol–water partition coefficient (Wildman–Crippen LogP) is 3.62. The molecule has 0 aliphatic carbocycles. The van der Waals surface area contributed by atoms with Gasteiger partial charge in [0.05, 0.1) is 5.69 Å². The number of aryl methyl sites for hydroxylation is 3. The molecular weight excluding hydrogens is 334 g/mol. The first-order valence-electron chi connectivity index (χ1n) is 8.03. The molecule has 1 N–H and O–H groups in total. The second-order valence-corrected chi connectivity index (χ2v) is 7.02. The van der Waals surface area contributed by atoms with Crippen molar-refractivity contribution in [2.75, 3.05) is 5.32 Å². The van der Waals surface area contributed by atoms with Gasteiger partial charge in [-0.2, -0.15) is 0 Å². The Labute approximate surface area is 150 Å². The molecule has 3 rings (SSSR count). The first-order valence-corrected chi connectivity index (χ1v) is 8.84. The summed E-state index contributed by atoms with van der Waals surface area (Å²) < 4.78 is 1.52. The third-order valence-electron chi connectivity index (χ3n) is 3.85. The minimum Gasteiger partial charge on any atom is -0.315 e. The van der Waals surface area contributed by atoms with Crippen LogP contribution in [0.1, 0.15) is 16.9 Å². The first kappa shape index (κ1) is 17.1. The largest absolute Gasteiger partial charge is 0.315 e. The van der Waals surface area contributed by atoms with E-state index < -0.39 is 0 Å². The Morgan fingerprint density at radius 1 is 1.16 bits per heavy atom. The van der Waals surface area contributed by atoms with Gasteiger partial charge in [0, 0.05) is 35.7 Å². The highest BCUT2D eigenvalue weighted by atomic mass is 32.1. The van der Waals surface area contributed by atoms with Crippen molar-refractivity contribution in [2.45, 2.75) is 26.8 Å². The maximum absolute atomic E-state index is 12.1. The topological polar surface area (TPSA) is 64.0 Å². The molecule has 0 spiro atoms. The van der Waals surface area contributed by atoms with Gasteiger partial charge in [0.25, 0.3) is 5.56 Å². The van der Waals surface area contributed by atoms with Gasteiger partial charge >= 0.3 is 0 Å². The molecule has 0 aliphatic heterocycles. The van der Waals surface area contributed by atoms with Gasteiger partial charge in [-0.1, -0.05) is 35.9 Å². The van der Waals surface area contributed by atoms with E-state index in [1.54, 1.807) is 18.3 Å². The summed E-state index contributed by atoms with van der Waals surface area (Å²) in [5.41, 5.74) is 3.01. The third kappa shape index (κ3) is 4.22. The molecular formula is C19H19N3O2S. The van der Waals surface area contributed by atoms with Crippen molar-refractivity contribution in [3.05, 3.63) is 69.5 Å². The van der Waals surface area contributed by atoms with Crippen molar-refractivity contribution in [3.8, 4) is 11.3 Å². The summed E-state index contributed by atoms with van der Waals surface area (Å²) >= 11 is 1.45. The van der Waals surface area contributed by atoms with E-state index in [0.717, 1.165) is 16.1 Å². The number of nitrogens with zero attached hydrogens (tertiary/aromatic N) is 2. The number of hydrogen-bond acceptors (Lipinski definition) is 4. The van der Waals surface area contributed by atoms with Crippen LogP contribution in [-0.2, 0) is 11.3 Å². The van der Waals surface area contributed by atoms with Crippen molar-refractivity contribution >= 4 is 22.4 Å². The number of aromatic nitrogens is 2. The van der Waals surface area contributed by atoms with Gasteiger partial charge < -0.3 is 9.88 Å². The van der Waals surface area contributed by atoms with Gasteiger partial charge in [-0.15, -0.1) is 11.3 Å². The van der Waals surface area contributed by atoms with Gasteiger partial charge in [0.15, 0.2) is 5.13 Å². The van der Waals surface area contributed by atoms with Crippen LogP contribution in [0.3, 0.4) is 0 Å². The highest BCUT2D eigenvalue weighted by molar-refractivity contribution is 7.16. The SMILES string of the molecule is Cc1ccc(-c2nc(NC(=O)CCn3ccccc3=O)sc2C)cc1. The highest BCUT2D eigenvalue weighted by Gasteiger charge is 2.12. The van der Waals surface area contributed by atoms with Crippen LogP contribution in [0.15, 0.2) is 53.5 Å². The number of amides is 1. The van der Waals surface area contributed by atoms with E-state index in [-0.39, 0.29) is 17.9 Å². The van der Waals surface area contributed by atoms with Crippen LogP contribution in [0.2, 0.25) is 0 Å². The fraction of sp³-hybridized carbons (Fsp3) is 0.211. The van der Waals surface area contributed by atoms with Crippen LogP contribution < -0.4 is 10.9 Å². The number of benzene rings is 1. The third-order valence-corrected chi connectivity index (χ3v) is 4.73. The molecule has 2 aromatic heterocycles. The number of pyridine rings is 1. The van der Waals surface area contributed by atoms with Crippen molar-refractivity contribution in [2.24, 2.45) is 0 Å². The van der Waals surface area contributed by atoms with E-state index in [1.165, 1.54) is 27.5 Å². The molecule has 0 unspecified atom stereocenters. The summed E-state index contributed by atoms with van der Waals surface area (Å²) in [7, 11) is 0. The van der Waals surface area contributed by atoms with E-state index >= 15 is 0 Å². The van der Waals surface area contributed by atoms with E-state index in [1.807, 2.05) is 38.1 Å². The van der Waals surface area contributed by atoms with Gasteiger partial charge in [-0.25, -0.2) is 4.98 Å². The maximum Gasteiger partial charge on any atom is 0.250 e. The lowest BCUT2D eigenvalue weighted by atomic mass is 10.1. The summed E-state index contributed by atoms with van der Waals surface area (Å²) in [6.45, 7) is 4.38. The Hall–Kier alpha value is -2.73. The minimum absolute atomic E-state index is 0.109. The van der Waals surface area contributed by atoms with E-state index in [9.17, 15) is 9.59 Å². The number of anilines is 1. The zero-order valence-electron chi connectivity index (χ0n) is 14.2. The van der Waals surface area contributed by atoms with Crippen LogP contribution in [0.4, 0.5) is 5.13 Å². The summed E-state index contributed by atoms with van der Waals surface area (Å²) in [5, 5.41) is 3.41. The van der Waals surface area contributed by atoms with Gasteiger partial charge in [-0.3, -0.25) is 9.59 Å². The predicted molar refractivity (Wildman–Crippen MR) is 101 cm³/mol. The van der Waals surface area contributed by atoms with Crippen LogP contribution >= 0.6 is 11.3 Å². The Morgan fingerprint density at radius 3 is 2.64 bits per heavy atom. The molecule has 0 fully saturated rings. The number of carbonyl (C=O) groups is 1. The van der Waals surface area contributed by atoms with E-state index in [2.05, 4.69) is 10.3 Å². The molecule has 1 aromatic carbocycles. The van der Waals surface area contributed by atoms with Crippen LogP contribution in [0, 0.1) is 13.8 Å². The summed E-state index contributed by atoms with van der Waals surface area (Å²) in [6, 6.07) is 13.1. The Morgan fingerprint density at radius 2 is 1.92 bits per heavy atom. The molecule has 6 heteroatoms. The molecule has 0 bridgehead atoms.